The first-order chi connectivity index (χ1) is 10.5. The average molecular weight is 327 g/mol. The monoisotopic (exact) mass is 327 g/mol. The van der Waals surface area contributed by atoms with Crippen LogP contribution in [0.4, 0.5) is 0 Å². The van der Waals surface area contributed by atoms with Crippen LogP contribution in [-0.2, 0) is 16.6 Å². The van der Waals surface area contributed by atoms with Crippen LogP contribution < -0.4 is 14.6 Å². The molecule has 0 radical (unpaired) electrons. The SMILES string of the molecule is NS(=O)(=O)CCN1CCN(Cc2ccc3c(c2)OCO3)CC1. The van der Waals surface area contributed by atoms with E-state index in [1.165, 1.54) is 5.56 Å². The van der Waals surface area contributed by atoms with Crippen LogP contribution in [0.3, 0.4) is 0 Å². The van der Waals surface area contributed by atoms with Gasteiger partial charge < -0.3 is 9.47 Å². The summed E-state index contributed by atoms with van der Waals surface area (Å²) in [6.07, 6.45) is 0. The fraction of sp³-hybridized carbons (Fsp3) is 0.571. The van der Waals surface area contributed by atoms with Gasteiger partial charge in [-0.05, 0) is 17.7 Å². The lowest BCUT2D eigenvalue weighted by atomic mass is 10.1. The van der Waals surface area contributed by atoms with Gasteiger partial charge in [-0.25, -0.2) is 13.6 Å². The summed E-state index contributed by atoms with van der Waals surface area (Å²) in [7, 11) is -3.37. The Hall–Kier alpha value is -1.35. The van der Waals surface area contributed by atoms with E-state index in [-0.39, 0.29) is 5.75 Å². The van der Waals surface area contributed by atoms with Crippen LogP contribution >= 0.6 is 0 Å². The van der Waals surface area contributed by atoms with Gasteiger partial charge in [-0.2, -0.15) is 0 Å². The summed E-state index contributed by atoms with van der Waals surface area (Å²) in [5, 5.41) is 5.04. The summed E-state index contributed by atoms with van der Waals surface area (Å²) in [5.74, 6) is 1.63. The maximum Gasteiger partial charge on any atom is 0.231 e. The van der Waals surface area contributed by atoms with Crippen LogP contribution in [0.15, 0.2) is 18.2 Å². The molecule has 0 saturated carbocycles. The number of fused-ring (bicyclic) bond motifs is 1. The molecule has 2 N–H and O–H groups in total. The number of nitrogens with two attached hydrogens (primary N) is 1. The molecule has 0 amide bonds. The van der Waals surface area contributed by atoms with Crippen molar-refractivity contribution in [3.05, 3.63) is 23.8 Å². The van der Waals surface area contributed by atoms with E-state index in [1.807, 2.05) is 12.1 Å². The molecule has 1 fully saturated rings. The zero-order valence-corrected chi connectivity index (χ0v) is 13.2. The van der Waals surface area contributed by atoms with Gasteiger partial charge in [-0.15, -0.1) is 0 Å². The van der Waals surface area contributed by atoms with Gasteiger partial charge in [0, 0.05) is 39.3 Å². The van der Waals surface area contributed by atoms with Crippen molar-refractivity contribution in [1.29, 1.82) is 0 Å². The summed E-state index contributed by atoms with van der Waals surface area (Å²) in [5.41, 5.74) is 1.20. The van der Waals surface area contributed by atoms with E-state index in [0.29, 0.717) is 13.3 Å². The minimum Gasteiger partial charge on any atom is -0.454 e. The van der Waals surface area contributed by atoms with Crippen molar-refractivity contribution in [2.75, 3.05) is 45.3 Å². The highest BCUT2D eigenvalue weighted by atomic mass is 32.2. The minimum absolute atomic E-state index is 0.0230. The summed E-state index contributed by atoms with van der Waals surface area (Å²) < 4.78 is 32.7. The molecule has 0 aliphatic carbocycles. The Morgan fingerprint density at radius 3 is 2.45 bits per heavy atom. The Morgan fingerprint density at radius 1 is 1.05 bits per heavy atom. The summed E-state index contributed by atoms with van der Waals surface area (Å²) >= 11 is 0. The predicted octanol–water partition coefficient (Wildman–Crippen LogP) is -0.179. The number of hydrogen-bond donors (Lipinski definition) is 1. The Balaban J connectivity index is 1.48. The smallest absolute Gasteiger partial charge is 0.231 e. The highest BCUT2D eigenvalue weighted by Crippen LogP contribution is 2.32. The van der Waals surface area contributed by atoms with Gasteiger partial charge in [0.1, 0.15) is 0 Å². The molecule has 8 heteroatoms. The molecule has 1 aromatic carbocycles. The molecule has 7 nitrogen and oxygen atoms in total. The number of ether oxygens (including phenoxy) is 2. The van der Waals surface area contributed by atoms with Gasteiger partial charge >= 0.3 is 0 Å². The Bertz CT molecular complexity index is 627. The molecule has 22 heavy (non-hydrogen) atoms. The van der Waals surface area contributed by atoms with Gasteiger partial charge in [0.2, 0.25) is 16.8 Å². The number of sulfonamides is 1. The lowest BCUT2D eigenvalue weighted by molar-refractivity contribution is 0.132. The van der Waals surface area contributed by atoms with E-state index in [9.17, 15) is 8.42 Å². The molecule has 0 spiro atoms. The summed E-state index contributed by atoms with van der Waals surface area (Å²) in [6.45, 7) is 5.22. The molecule has 0 bridgehead atoms. The largest absolute Gasteiger partial charge is 0.454 e. The third-order valence-corrected chi connectivity index (χ3v) is 4.75. The van der Waals surface area contributed by atoms with Crippen molar-refractivity contribution in [3.63, 3.8) is 0 Å². The summed E-state index contributed by atoms with van der Waals surface area (Å²) in [4.78, 5) is 4.49. The molecule has 2 aliphatic heterocycles. The zero-order valence-electron chi connectivity index (χ0n) is 12.4. The van der Waals surface area contributed by atoms with Crippen molar-refractivity contribution in [1.82, 2.24) is 9.80 Å². The van der Waals surface area contributed by atoms with Crippen LogP contribution in [0, 0.1) is 0 Å². The Kier molecular flexibility index (Phi) is 4.53. The fourth-order valence-corrected chi connectivity index (χ4v) is 3.24. The van der Waals surface area contributed by atoms with Gasteiger partial charge in [0.05, 0.1) is 5.75 Å². The van der Waals surface area contributed by atoms with Gasteiger partial charge in [0.25, 0.3) is 0 Å². The van der Waals surface area contributed by atoms with Crippen molar-refractivity contribution in [2.45, 2.75) is 6.54 Å². The number of piperazine rings is 1. The lowest BCUT2D eigenvalue weighted by Crippen LogP contribution is -2.47. The molecule has 2 aliphatic rings. The van der Waals surface area contributed by atoms with E-state index in [0.717, 1.165) is 44.2 Å². The van der Waals surface area contributed by atoms with Crippen molar-refractivity contribution in [2.24, 2.45) is 5.14 Å². The second-order valence-electron chi connectivity index (χ2n) is 5.67. The standard InChI is InChI=1S/C14H21N3O4S/c15-22(18,19)8-7-16-3-5-17(6-4-16)10-12-1-2-13-14(9-12)21-11-20-13/h1-2,9H,3-8,10-11H2,(H2,15,18,19). The number of benzene rings is 1. The molecule has 0 atom stereocenters. The van der Waals surface area contributed by atoms with E-state index in [1.54, 1.807) is 0 Å². The van der Waals surface area contributed by atoms with Crippen molar-refractivity contribution in [3.8, 4) is 11.5 Å². The fourth-order valence-electron chi connectivity index (χ4n) is 2.72. The van der Waals surface area contributed by atoms with Crippen LogP contribution in [0.1, 0.15) is 5.56 Å². The Labute approximate surface area is 130 Å². The molecule has 1 saturated heterocycles. The third kappa shape index (κ3) is 4.10. The van der Waals surface area contributed by atoms with E-state index < -0.39 is 10.0 Å². The first-order valence-electron chi connectivity index (χ1n) is 7.33. The topological polar surface area (TPSA) is 85.1 Å². The quantitative estimate of drug-likeness (QED) is 0.808. The molecule has 3 rings (SSSR count). The van der Waals surface area contributed by atoms with Crippen LogP contribution in [-0.4, -0.2) is 63.5 Å². The number of primary sulfonamides is 1. The van der Waals surface area contributed by atoms with E-state index >= 15 is 0 Å². The maximum atomic E-state index is 11.0. The molecule has 0 unspecified atom stereocenters. The van der Waals surface area contributed by atoms with Crippen molar-refractivity contribution < 1.29 is 17.9 Å². The van der Waals surface area contributed by atoms with Gasteiger partial charge in [-0.1, -0.05) is 6.07 Å². The van der Waals surface area contributed by atoms with Crippen molar-refractivity contribution >= 4 is 10.0 Å². The van der Waals surface area contributed by atoms with Gasteiger partial charge in [0.15, 0.2) is 11.5 Å². The maximum absolute atomic E-state index is 11.0. The molecule has 2 heterocycles. The summed E-state index contributed by atoms with van der Waals surface area (Å²) in [6, 6.07) is 6.02. The molecule has 0 aromatic heterocycles. The molecular weight excluding hydrogens is 306 g/mol. The molecule has 1 aromatic rings. The molecule has 122 valence electrons. The second kappa shape index (κ2) is 6.41. The van der Waals surface area contributed by atoms with Crippen LogP contribution in [0.2, 0.25) is 0 Å². The first-order valence-corrected chi connectivity index (χ1v) is 9.05. The highest BCUT2D eigenvalue weighted by Gasteiger charge is 2.19. The average Bonchev–Trinajstić information content (AvgIpc) is 2.93. The van der Waals surface area contributed by atoms with E-state index in [2.05, 4.69) is 15.9 Å². The van der Waals surface area contributed by atoms with Crippen LogP contribution in [0.5, 0.6) is 11.5 Å². The molecular formula is C14H21N3O4S. The lowest BCUT2D eigenvalue weighted by Gasteiger charge is -2.34. The predicted molar refractivity (Wildman–Crippen MR) is 82.3 cm³/mol. The number of nitrogens with zero attached hydrogens (tertiary/aromatic N) is 2. The highest BCUT2D eigenvalue weighted by molar-refractivity contribution is 7.89. The number of rotatable bonds is 5. The van der Waals surface area contributed by atoms with Crippen LogP contribution in [0.25, 0.3) is 0 Å². The van der Waals surface area contributed by atoms with E-state index in [4.69, 9.17) is 14.6 Å². The Morgan fingerprint density at radius 2 is 1.73 bits per heavy atom. The first kappa shape index (κ1) is 15.5. The van der Waals surface area contributed by atoms with Gasteiger partial charge in [-0.3, -0.25) is 9.80 Å². The second-order valence-corrected chi connectivity index (χ2v) is 7.41. The normalized spacial score (nSPS) is 19.5. The number of hydrogen-bond acceptors (Lipinski definition) is 6. The minimum atomic E-state index is -3.37. The third-order valence-electron chi connectivity index (χ3n) is 4.00. The zero-order chi connectivity index (χ0) is 15.6.